The van der Waals surface area contributed by atoms with Crippen LogP contribution >= 0.6 is 0 Å². The number of amides is 1. The Morgan fingerprint density at radius 1 is 1.24 bits per heavy atom. The SMILES string of the molecule is Cc1ccc(F)c(NC(=O)c2c(C)[nH]c(C(=O)O)c2C)c1. The molecule has 0 aliphatic carbocycles. The van der Waals surface area contributed by atoms with Gasteiger partial charge in [-0.3, -0.25) is 4.79 Å². The zero-order valence-electron chi connectivity index (χ0n) is 11.9. The minimum Gasteiger partial charge on any atom is -0.477 e. The van der Waals surface area contributed by atoms with E-state index in [0.29, 0.717) is 11.3 Å². The van der Waals surface area contributed by atoms with Gasteiger partial charge in [0.05, 0.1) is 11.3 Å². The molecule has 110 valence electrons. The maximum atomic E-state index is 13.7. The Morgan fingerprint density at radius 2 is 1.90 bits per heavy atom. The molecule has 0 fully saturated rings. The summed E-state index contributed by atoms with van der Waals surface area (Å²) in [5, 5.41) is 11.5. The lowest BCUT2D eigenvalue weighted by Crippen LogP contribution is -2.15. The number of nitrogens with one attached hydrogen (secondary N) is 2. The fourth-order valence-electron chi connectivity index (χ4n) is 2.22. The molecule has 1 aromatic carbocycles. The molecule has 2 aromatic rings. The molecular weight excluding hydrogens is 275 g/mol. The van der Waals surface area contributed by atoms with Crippen LogP contribution in [0.5, 0.6) is 0 Å². The van der Waals surface area contributed by atoms with Crippen molar-refractivity contribution in [2.75, 3.05) is 5.32 Å². The maximum absolute atomic E-state index is 13.7. The van der Waals surface area contributed by atoms with Crippen molar-refractivity contribution in [3.8, 4) is 0 Å². The van der Waals surface area contributed by atoms with Crippen LogP contribution in [0.2, 0.25) is 0 Å². The highest BCUT2D eigenvalue weighted by Crippen LogP contribution is 2.21. The van der Waals surface area contributed by atoms with Gasteiger partial charge in [-0.1, -0.05) is 6.07 Å². The second kappa shape index (κ2) is 5.40. The van der Waals surface area contributed by atoms with Gasteiger partial charge < -0.3 is 15.4 Å². The monoisotopic (exact) mass is 290 g/mol. The van der Waals surface area contributed by atoms with Gasteiger partial charge in [-0.2, -0.15) is 0 Å². The number of aryl methyl sites for hydroxylation is 2. The Kier molecular flexibility index (Phi) is 3.80. The van der Waals surface area contributed by atoms with E-state index in [9.17, 15) is 14.0 Å². The number of rotatable bonds is 3. The smallest absolute Gasteiger partial charge is 0.352 e. The molecule has 0 radical (unpaired) electrons. The van der Waals surface area contributed by atoms with E-state index in [2.05, 4.69) is 10.3 Å². The van der Waals surface area contributed by atoms with E-state index in [0.717, 1.165) is 5.56 Å². The van der Waals surface area contributed by atoms with Crippen LogP contribution in [0, 0.1) is 26.6 Å². The van der Waals surface area contributed by atoms with Crippen molar-refractivity contribution in [3.63, 3.8) is 0 Å². The Balaban J connectivity index is 2.37. The molecule has 0 saturated carbocycles. The lowest BCUT2D eigenvalue weighted by Gasteiger charge is -2.08. The number of hydrogen-bond acceptors (Lipinski definition) is 2. The molecule has 1 heterocycles. The molecule has 0 aliphatic rings. The van der Waals surface area contributed by atoms with E-state index in [4.69, 9.17) is 5.11 Å². The third-order valence-corrected chi connectivity index (χ3v) is 3.25. The summed E-state index contributed by atoms with van der Waals surface area (Å²) in [7, 11) is 0. The van der Waals surface area contributed by atoms with E-state index in [1.54, 1.807) is 19.9 Å². The highest BCUT2D eigenvalue weighted by molar-refractivity contribution is 6.08. The number of H-pyrrole nitrogens is 1. The van der Waals surface area contributed by atoms with Crippen molar-refractivity contribution in [1.29, 1.82) is 0 Å². The van der Waals surface area contributed by atoms with Crippen LogP contribution in [-0.4, -0.2) is 22.0 Å². The molecule has 1 aromatic heterocycles. The van der Waals surface area contributed by atoms with E-state index in [1.807, 2.05) is 0 Å². The summed E-state index contributed by atoms with van der Waals surface area (Å²) in [6.07, 6.45) is 0. The predicted octanol–water partition coefficient (Wildman–Crippen LogP) is 3.03. The van der Waals surface area contributed by atoms with Crippen molar-refractivity contribution in [3.05, 3.63) is 52.1 Å². The fourth-order valence-corrected chi connectivity index (χ4v) is 2.22. The number of aromatic nitrogens is 1. The Morgan fingerprint density at radius 3 is 2.48 bits per heavy atom. The first kappa shape index (κ1) is 14.8. The van der Waals surface area contributed by atoms with Gasteiger partial charge in [-0.15, -0.1) is 0 Å². The first-order valence-corrected chi connectivity index (χ1v) is 6.31. The average molecular weight is 290 g/mol. The molecule has 0 saturated heterocycles. The van der Waals surface area contributed by atoms with Gasteiger partial charge in [0, 0.05) is 5.69 Å². The molecule has 1 amide bonds. The fraction of sp³-hybridized carbons (Fsp3) is 0.200. The lowest BCUT2D eigenvalue weighted by atomic mass is 10.1. The molecule has 2 rings (SSSR count). The molecule has 5 nitrogen and oxygen atoms in total. The Hall–Kier alpha value is -2.63. The van der Waals surface area contributed by atoms with Gasteiger partial charge in [0.2, 0.25) is 0 Å². The minimum absolute atomic E-state index is 0.0395. The first-order chi connectivity index (χ1) is 9.81. The van der Waals surface area contributed by atoms with E-state index in [-0.39, 0.29) is 16.9 Å². The highest BCUT2D eigenvalue weighted by Gasteiger charge is 2.22. The number of benzene rings is 1. The van der Waals surface area contributed by atoms with Crippen molar-refractivity contribution in [1.82, 2.24) is 4.98 Å². The second-order valence-electron chi connectivity index (χ2n) is 4.87. The number of hydrogen-bond donors (Lipinski definition) is 3. The zero-order valence-corrected chi connectivity index (χ0v) is 11.9. The maximum Gasteiger partial charge on any atom is 0.352 e. The molecule has 3 N–H and O–H groups in total. The van der Waals surface area contributed by atoms with Gasteiger partial charge in [0.15, 0.2) is 0 Å². The Labute approximate surface area is 120 Å². The number of carboxylic acid groups (broad SMARTS) is 1. The summed E-state index contributed by atoms with van der Waals surface area (Å²) in [5.74, 6) is -2.23. The van der Waals surface area contributed by atoms with Crippen LogP contribution in [0.4, 0.5) is 10.1 Å². The van der Waals surface area contributed by atoms with Crippen LogP contribution in [0.15, 0.2) is 18.2 Å². The number of carbonyl (C=O) groups is 2. The van der Waals surface area contributed by atoms with Crippen LogP contribution in [0.25, 0.3) is 0 Å². The number of anilines is 1. The second-order valence-corrected chi connectivity index (χ2v) is 4.87. The summed E-state index contributed by atoms with van der Waals surface area (Å²) in [4.78, 5) is 26.0. The van der Waals surface area contributed by atoms with Crippen LogP contribution in [-0.2, 0) is 0 Å². The van der Waals surface area contributed by atoms with Crippen LogP contribution in [0.1, 0.15) is 37.7 Å². The summed E-state index contributed by atoms with van der Waals surface area (Å²) in [5.41, 5.74) is 1.80. The number of aromatic amines is 1. The number of carbonyl (C=O) groups excluding carboxylic acids is 1. The summed E-state index contributed by atoms with van der Waals surface area (Å²) < 4.78 is 13.7. The van der Waals surface area contributed by atoms with Gasteiger partial charge in [-0.25, -0.2) is 9.18 Å². The third-order valence-electron chi connectivity index (χ3n) is 3.25. The van der Waals surface area contributed by atoms with Crippen molar-refractivity contribution < 1.29 is 19.1 Å². The molecule has 0 atom stereocenters. The third kappa shape index (κ3) is 2.79. The summed E-state index contributed by atoms with van der Waals surface area (Å²) in [6, 6.07) is 4.38. The number of carboxylic acids is 1. The first-order valence-electron chi connectivity index (χ1n) is 6.31. The normalized spacial score (nSPS) is 10.5. The molecule has 21 heavy (non-hydrogen) atoms. The predicted molar refractivity (Wildman–Crippen MR) is 76.3 cm³/mol. The van der Waals surface area contributed by atoms with Gasteiger partial charge in [-0.05, 0) is 44.0 Å². The molecular formula is C15H15FN2O3. The van der Waals surface area contributed by atoms with E-state index >= 15 is 0 Å². The topological polar surface area (TPSA) is 82.2 Å². The van der Waals surface area contributed by atoms with Crippen LogP contribution < -0.4 is 5.32 Å². The standard InChI is InChI=1S/C15H15FN2O3/c1-7-4-5-10(16)11(6-7)18-14(19)12-8(2)13(15(20)21)17-9(12)3/h4-6,17H,1-3H3,(H,18,19)(H,20,21). The summed E-state index contributed by atoms with van der Waals surface area (Å²) in [6.45, 7) is 4.92. The zero-order chi connectivity index (χ0) is 15.7. The number of halogens is 1. The van der Waals surface area contributed by atoms with E-state index in [1.165, 1.54) is 19.1 Å². The van der Waals surface area contributed by atoms with Crippen LogP contribution in [0.3, 0.4) is 0 Å². The van der Waals surface area contributed by atoms with Gasteiger partial charge in [0.25, 0.3) is 5.91 Å². The van der Waals surface area contributed by atoms with Gasteiger partial charge in [0.1, 0.15) is 11.5 Å². The van der Waals surface area contributed by atoms with Crippen molar-refractivity contribution in [2.24, 2.45) is 0 Å². The van der Waals surface area contributed by atoms with E-state index < -0.39 is 17.7 Å². The largest absolute Gasteiger partial charge is 0.477 e. The minimum atomic E-state index is -1.14. The average Bonchev–Trinajstić information content (AvgIpc) is 2.69. The molecule has 0 unspecified atom stereocenters. The van der Waals surface area contributed by atoms with Crippen molar-refractivity contribution >= 4 is 17.6 Å². The molecule has 6 heteroatoms. The Bertz CT molecular complexity index is 735. The van der Waals surface area contributed by atoms with Crippen molar-refractivity contribution in [2.45, 2.75) is 20.8 Å². The molecule has 0 aliphatic heterocycles. The summed E-state index contributed by atoms with van der Waals surface area (Å²) >= 11 is 0. The lowest BCUT2D eigenvalue weighted by molar-refractivity contribution is 0.0690. The molecule has 0 spiro atoms. The van der Waals surface area contributed by atoms with Gasteiger partial charge >= 0.3 is 5.97 Å². The highest BCUT2D eigenvalue weighted by atomic mass is 19.1. The quantitative estimate of drug-likeness (QED) is 0.812. The molecule has 0 bridgehead atoms. The number of aromatic carboxylic acids is 1.